The highest BCUT2D eigenvalue weighted by molar-refractivity contribution is 5.76. The van der Waals surface area contributed by atoms with E-state index >= 15 is 0 Å². The van der Waals surface area contributed by atoms with E-state index in [1.54, 1.807) is 26.6 Å². The van der Waals surface area contributed by atoms with Gasteiger partial charge in [0.1, 0.15) is 5.82 Å². The Morgan fingerprint density at radius 1 is 1.03 bits per heavy atom. The molecule has 0 radical (unpaired) electrons. The molecule has 2 aromatic carbocycles. The molecule has 5 rings (SSSR count). The number of methoxy groups -OCH3 is 2. The lowest BCUT2D eigenvalue weighted by atomic mass is 9.97. The monoisotopic (exact) mass is 518 g/mol. The molecule has 1 atom stereocenters. The molecule has 9 heteroatoms. The third kappa shape index (κ3) is 6.34. The van der Waals surface area contributed by atoms with E-state index in [0.29, 0.717) is 49.4 Å². The van der Waals surface area contributed by atoms with Gasteiger partial charge in [-0.2, -0.15) is 0 Å². The minimum atomic E-state index is 0.0328. The van der Waals surface area contributed by atoms with E-state index in [1.165, 1.54) is 5.56 Å². The van der Waals surface area contributed by atoms with E-state index in [0.717, 1.165) is 55.1 Å². The lowest BCUT2D eigenvalue weighted by Gasteiger charge is -2.32. The van der Waals surface area contributed by atoms with Gasteiger partial charge in [-0.25, -0.2) is 9.97 Å². The molecule has 1 fully saturated rings. The summed E-state index contributed by atoms with van der Waals surface area (Å²) in [6, 6.07) is 11.8. The molecule has 2 aliphatic rings. The molecule has 38 heavy (non-hydrogen) atoms. The second-order valence-corrected chi connectivity index (χ2v) is 9.69. The first-order valence-corrected chi connectivity index (χ1v) is 13.0. The summed E-state index contributed by atoms with van der Waals surface area (Å²) in [5.41, 5.74) is 3.03. The number of benzene rings is 2. The van der Waals surface area contributed by atoms with Crippen LogP contribution in [0.25, 0.3) is 11.1 Å². The topological polar surface area (TPSA) is 95.0 Å². The van der Waals surface area contributed by atoms with Crippen LogP contribution in [-0.2, 0) is 17.8 Å². The summed E-state index contributed by atoms with van der Waals surface area (Å²) in [5, 5.41) is 3.12. The number of piperidine rings is 1. The Morgan fingerprint density at radius 3 is 2.66 bits per heavy atom. The number of amides is 1. The lowest BCUT2D eigenvalue weighted by Crippen LogP contribution is -2.40. The van der Waals surface area contributed by atoms with Gasteiger partial charge in [-0.1, -0.05) is 12.1 Å². The number of likely N-dealkylation sites (tertiary alicyclic amines) is 1. The maximum absolute atomic E-state index is 12.5. The predicted octanol–water partition coefficient (Wildman–Crippen LogP) is 3.85. The third-order valence-corrected chi connectivity index (χ3v) is 7.03. The Morgan fingerprint density at radius 2 is 1.84 bits per heavy atom. The van der Waals surface area contributed by atoms with Crippen molar-refractivity contribution < 1.29 is 23.7 Å². The van der Waals surface area contributed by atoms with Crippen LogP contribution in [0.3, 0.4) is 0 Å². The van der Waals surface area contributed by atoms with Crippen LogP contribution >= 0.6 is 0 Å². The molecule has 3 heterocycles. The summed E-state index contributed by atoms with van der Waals surface area (Å²) < 4.78 is 21.6. The maximum Gasteiger partial charge on any atom is 0.231 e. The normalized spacial score (nSPS) is 16.7. The molecule has 1 saturated heterocycles. The van der Waals surface area contributed by atoms with Gasteiger partial charge in [0, 0.05) is 50.4 Å². The molecule has 2 aliphatic heterocycles. The van der Waals surface area contributed by atoms with Gasteiger partial charge in [0.05, 0.1) is 14.2 Å². The molecule has 3 aromatic rings. The molecule has 0 saturated carbocycles. The Balaban J connectivity index is 1.06. The number of hydrogen-bond acceptors (Lipinski definition) is 8. The van der Waals surface area contributed by atoms with Crippen molar-refractivity contribution in [3.63, 3.8) is 0 Å². The molecule has 200 valence electrons. The van der Waals surface area contributed by atoms with Gasteiger partial charge in [-0.3, -0.25) is 9.69 Å². The number of nitrogens with one attached hydrogen (secondary N) is 1. The highest BCUT2D eigenvalue weighted by Crippen LogP contribution is 2.33. The highest BCUT2D eigenvalue weighted by Gasteiger charge is 2.22. The number of carbonyl (C=O) groups excluding carboxylic acids is 1. The SMILES string of the molecule is COc1ccc(-c2cnc(CCC(=O)NCC3CCCN(Cc4ccc5c(c4)OCO5)C3)nc2)cc1OC. The molecule has 1 unspecified atom stereocenters. The third-order valence-electron chi connectivity index (χ3n) is 7.03. The average Bonchev–Trinajstić information content (AvgIpc) is 3.43. The van der Waals surface area contributed by atoms with Crippen molar-refractivity contribution in [2.24, 2.45) is 5.92 Å². The zero-order chi connectivity index (χ0) is 26.3. The number of aromatic nitrogens is 2. The fourth-order valence-corrected chi connectivity index (χ4v) is 4.98. The number of carbonyl (C=O) groups is 1. The van der Waals surface area contributed by atoms with Crippen LogP contribution < -0.4 is 24.3 Å². The molecular formula is C29H34N4O5. The van der Waals surface area contributed by atoms with Crippen LogP contribution in [0, 0.1) is 5.92 Å². The highest BCUT2D eigenvalue weighted by atomic mass is 16.7. The number of fused-ring (bicyclic) bond motifs is 1. The fourth-order valence-electron chi connectivity index (χ4n) is 4.98. The van der Waals surface area contributed by atoms with Gasteiger partial charge in [-0.15, -0.1) is 0 Å². The van der Waals surface area contributed by atoms with Gasteiger partial charge in [0.15, 0.2) is 23.0 Å². The van der Waals surface area contributed by atoms with Crippen molar-refractivity contribution in [2.75, 3.05) is 40.6 Å². The van der Waals surface area contributed by atoms with Crippen LogP contribution in [0.4, 0.5) is 0 Å². The van der Waals surface area contributed by atoms with Crippen LogP contribution in [0.5, 0.6) is 23.0 Å². The number of rotatable bonds is 10. The van der Waals surface area contributed by atoms with Gasteiger partial charge < -0.3 is 24.3 Å². The van der Waals surface area contributed by atoms with Crippen LogP contribution in [-0.4, -0.2) is 61.4 Å². The molecule has 0 spiro atoms. The first kappa shape index (κ1) is 25.8. The Labute approximate surface area is 223 Å². The quantitative estimate of drug-likeness (QED) is 0.433. The largest absolute Gasteiger partial charge is 0.493 e. The van der Waals surface area contributed by atoms with Gasteiger partial charge in [-0.05, 0) is 60.7 Å². The maximum atomic E-state index is 12.5. The fraction of sp³-hybridized carbons (Fsp3) is 0.414. The molecule has 0 bridgehead atoms. The number of aryl methyl sites for hydroxylation is 1. The predicted molar refractivity (Wildman–Crippen MR) is 142 cm³/mol. The van der Waals surface area contributed by atoms with E-state index in [1.807, 2.05) is 24.3 Å². The van der Waals surface area contributed by atoms with Crippen molar-refractivity contribution in [2.45, 2.75) is 32.2 Å². The molecule has 1 N–H and O–H groups in total. The van der Waals surface area contributed by atoms with Crippen LogP contribution in [0.2, 0.25) is 0 Å². The molecule has 1 amide bonds. The van der Waals surface area contributed by atoms with Crippen LogP contribution in [0.15, 0.2) is 48.8 Å². The molecule has 1 aromatic heterocycles. The minimum Gasteiger partial charge on any atom is -0.493 e. The molecule has 0 aliphatic carbocycles. The van der Waals surface area contributed by atoms with Crippen molar-refractivity contribution in [1.29, 1.82) is 0 Å². The smallest absolute Gasteiger partial charge is 0.231 e. The molecular weight excluding hydrogens is 484 g/mol. The van der Waals surface area contributed by atoms with Crippen molar-refractivity contribution in [1.82, 2.24) is 20.2 Å². The summed E-state index contributed by atoms with van der Waals surface area (Å²) in [6.45, 7) is 3.89. The second kappa shape index (κ2) is 12.1. The van der Waals surface area contributed by atoms with Crippen molar-refractivity contribution in [3.8, 4) is 34.1 Å². The number of hydrogen-bond donors (Lipinski definition) is 1. The Bertz CT molecular complexity index is 1250. The zero-order valence-electron chi connectivity index (χ0n) is 21.9. The Kier molecular flexibility index (Phi) is 8.23. The van der Waals surface area contributed by atoms with Crippen molar-refractivity contribution in [3.05, 3.63) is 60.2 Å². The average molecular weight is 519 g/mol. The Hall–Kier alpha value is -3.85. The standard InChI is InChI=1S/C29H34N4O5/c1-35-24-8-6-22(13-26(24)36-2)23-15-30-28(31-16-23)9-10-29(34)32-14-21-4-3-11-33(18-21)17-20-5-7-25-27(12-20)38-19-37-25/h5-8,12-13,15-16,21H,3-4,9-11,14,17-19H2,1-2H3,(H,32,34). The first-order valence-electron chi connectivity index (χ1n) is 13.0. The van der Waals surface area contributed by atoms with E-state index in [-0.39, 0.29) is 5.91 Å². The second-order valence-electron chi connectivity index (χ2n) is 9.69. The van der Waals surface area contributed by atoms with Gasteiger partial charge in [0.25, 0.3) is 0 Å². The van der Waals surface area contributed by atoms with E-state index in [4.69, 9.17) is 18.9 Å². The minimum absolute atomic E-state index is 0.0328. The number of ether oxygens (including phenoxy) is 4. The summed E-state index contributed by atoms with van der Waals surface area (Å²) >= 11 is 0. The summed E-state index contributed by atoms with van der Waals surface area (Å²) in [7, 11) is 3.22. The van der Waals surface area contributed by atoms with E-state index in [2.05, 4.69) is 32.3 Å². The van der Waals surface area contributed by atoms with Gasteiger partial charge >= 0.3 is 0 Å². The van der Waals surface area contributed by atoms with E-state index < -0.39 is 0 Å². The summed E-state index contributed by atoms with van der Waals surface area (Å²) in [5.74, 6) is 4.08. The lowest BCUT2D eigenvalue weighted by molar-refractivity contribution is -0.121. The summed E-state index contributed by atoms with van der Waals surface area (Å²) in [4.78, 5) is 23.9. The van der Waals surface area contributed by atoms with Crippen molar-refractivity contribution >= 4 is 5.91 Å². The van der Waals surface area contributed by atoms with E-state index in [9.17, 15) is 4.79 Å². The van der Waals surface area contributed by atoms with Gasteiger partial charge in [0.2, 0.25) is 12.7 Å². The molecule has 9 nitrogen and oxygen atoms in total. The zero-order valence-corrected chi connectivity index (χ0v) is 21.9. The van der Waals surface area contributed by atoms with Crippen LogP contribution in [0.1, 0.15) is 30.7 Å². The first-order chi connectivity index (χ1) is 18.6. The number of nitrogens with zero attached hydrogens (tertiary/aromatic N) is 3. The summed E-state index contributed by atoms with van der Waals surface area (Å²) in [6.07, 6.45) is 6.67.